The fraction of sp³-hybridized carbons (Fsp3) is 0.238. The van der Waals surface area contributed by atoms with Crippen molar-refractivity contribution in [2.45, 2.75) is 30.3 Å². The number of hydrogen-bond donors (Lipinski definition) is 0. The summed E-state index contributed by atoms with van der Waals surface area (Å²) in [7, 11) is 1.68. The fourth-order valence-corrected chi connectivity index (χ4v) is 4.26. The molecule has 0 saturated carbocycles. The minimum Gasteiger partial charge on any atom is -0.364 e. The highest BCUT2D eigenvalue weighted by Gasteiger charge is 2.27. The summed E-state index contributed by atoms with van der Waals surface area (Å²) in [6, 6.07) is 6.41. The van der Waals surface area contributed by atoms with E-state index in [9.17, 15) is 0 Å². The molecule has 0 N–H and O–H groups in total. The molecule has 148 valence electrons. The second-order valence-corrected chi connectivity index (χ2v) is 7.82. The van der Waals surface area contributed by atoms with Crippen LogP contribution in [-0.4, -0.2) is 40.9 Å². The highest BCUT2D eigenvalue weighted by atomic mass is 32.2. The van der Waals surface area contributed by atoms with Crippen molar-refractivity contribution in [3.8, 4) is 0 Å². The standard InChI is InChI=1S/C21H22N6OS/c1-5-22-19-18(14(2)3)25-12-26(19)11-15-6-7-17-16(10-15)27(13-28-4)20-21(29-17)24-9-8-23-20/h5-10,12H,1,11,13H2,2-4H3. The van der Waals surface area contributed by atoms with Gasteiger partial charge in [0.1, 0.15) is 17.5 Å². The van der Waals surface area contributed by atoms with E-state index in [2.05, 4.69) is 49.6 Å². The molecule has 0 fully saturated rings. The molecule has 4 rings (SSSR count). The van der Waals surface area contributed by atoms with E-state index in [1.54, 1.807) is 37.5 Å². The van der Waals surface area contributed by atoms with Gasteiger partial charge in [0.05, 0.1) is 18.6 Å². The Morgan fingerprint density at radius 3 is 2.86 bits per heavy atom. The van der Waals surface area contributed by atoms with E-state index in [0.29, 0.717) is 13.3 Å². The topological polar surface area (TPSA) is 66.2 Å². The molecule has 29 heavy (non-hydrogen) atoms. The van der Waals surface area contributed by atoms with Crippen molar-refractivity contribution in [3.63, 3.8) is 0 Å². The van der Waals surface area contributed by atoms with E-state index in [-0.39, 0.29) is 0 Å². The number of aliphatic imine (C=N–C) groups is 2. The quantitative estimate of drug-likeness (QED) is 0.735. The lowest BCUT2D eigenvalue weighted by atomic mass is 10.1. The SMILES string of the molecule is C=CN=C1C(=C(C)C)N=CN1Cc1ccc2c(c1)N(COC)c1nccnc1S2. The Morgan fingerprint density at radius 2 is 2.10 bits per heavy atom. The maximum absolute atomic E-state index is 5.44. The van der Waals surface area contributed by atoms with E-state index in [0.717, 1.165) is 44.1 Å². The van der Waals surface area contributed by atoms with E-state index >= 15 is 0 Å². The van der Waals surface area contributed by atoms with Crippen LogP contribution >= 0.6 is 11.8 Å². The van der Waals surface area contributed by atoms with Crippen LogP contribution in [-0.2, 0) is 11.3 Å². The molecule has 2 aliphatic rings. The lowest BCUT2D eigenvalue weighted by Gasteiger charge is -2.30. The van der Waals surface area contributed by atoms with Gasteiger partial charge >= 0.3 is 0 Å². The van der Waals surface area contributed by atoms with Crippen LogP contribution in [0.15, 0.2) is 74.5 Å². The second-order valence-electron chi connectivity index (χ2n) is 6.79. The molecule has 8 heteroatoms. The number of aromatic nitrogens is 2. The normalized spacial score (nSPS) is 16.2. The van der Waals surface area contributed by atoms with Crippen molar-refractivity contribution < 1.29 is 4.74 Å². The van der Waals surface area contributed by atoms with Crippen molar-refractivity contribution in [2.24, 2.45) is 9.98 Å². The van der Waals surface area contributed by atoms with Crippen molar-refractivity contribution in [3.05, 3.63) is 60.2 Å². The van der Waals surface area contributed by atoms with Gasteiger partial charge in [0, 0.05) is 30.6 Å². The zero-order valence-corrected chi connectivity index (χ0v) is 17.5. The van der Waals surface area contributed by atoms with E-state index < -0.39 is 0 Å². The van der Waals surface area contributed by atoms with Gasteiger partial charge in [-0.05, 0) is 37.1 Å². The maximum Gasteiger partial charge on any atom is 0.168 e. The zero-order valence-electron chi connectivity index (χ0n) is 16.7. The van der Waals surface area contributed by atoms with Gasteiger partial charge in [-0.15, -0.1) is 0 Å². The lowest BCUT2D eigenvalue weighted by molar-refractivity contribution is 0.204. The predicted octanol–water partition coefficient (Wildman–Crippen LogP) is 4.36. The Labute approximate surface area is 174 Å². The zero-order chi connectivity index (χ0) is 20.4. The summed E-state index contributed by atoms with van der Waals surface area (Å²) < 4.78 is 5.44. The molecular formula is C21H22N6OS. The number of ether oxygens (including phenoxy) is 1. The van der Waals surface area contributed by atoms with Gasteiger partial charge < -0.3 is 9.64 Å². The summed E-state index contributed by atoms with van der Waals surface area (Å²) in [5, 5.41) is 0.880. The van der Waals surface area contributed by atoms with Crippen LogP contribution in [0.4, 0.5) is 11.5 Å². The number of rotatable bonds is 5. The fourth-order valence-electron chi connectivity index (χ4n) is 3.27. The third kappa shape index (κ3) is 3.68. The summed E-state index contributed by atoms with van der Waals surface area (Å²) in [6.45, 7) is 8.86. The molecule has 3 heterocycles. The van der Waals surface area contributed by atoms with Crippen LogP contribution in [0.1, 0.15) is 19.4 Å². The molecule has 0 atom stereocenters. The first kappa shape index (κ1) is 19.4. The molecule has 2 aromatic rings. The third-order valence-electron chi connectivity index (χ3n) is 4.53. The monoisotopic (exact) mass is 406 g/mol. The molecule has 0 bridgehead atoms. The summed E-state index contributed by atoms with van der Waals surface area (Å²) in [5.41, 5.74) is 4.20. The van der Waals surface area contributed by atoms with Gasteiger partial charge in [0.15, 0.2) is 11.7 Å². The first-order valence-corrected chi connectivity index (χ1v) is 9.99. The molecule has 0 unspecified atom stereocenters. The molecule has 1 aromatic carbocycles. The van der Waals surface area contributed by atoms with Crippen LogP contribution in [0.2, 0.25) is 0 Å². The maximum atomic E-state index is 5.44. The van der Waals surface area contributed by atoms with Crippen LogP contribution < -0.4 is 4.90 Å². The number of benzene rings is 1. The Hall–Kier alpha value is -2.97. The number of methoxy groups -OCH3 is 1. The molecule has 0 spiro atoms. The number of anilines is 2. The van der Waals surface area contributed by atoms with Crippen molar-refractivity contribution >= 4 is 35.4 Å². The van der Waals surface area contributed by atoms with Crippen LogP contribution in [0.25, 0.3) is 0 Å². The summed E-state index contributed by atoms with van der Waals surface area (Å²) in [5.74, 6) is 1.63. The predicted molar refractivity (Wildman–Crippen MR) is 117 cm³/mol. The van der Waals surface area contributed by atoms with Crippen LogP contribution in [0.5, 0.6) is 0 Å². The van der Waals surface area contributed by atoms with Gasteiger partial charge in [-0.2, -0.15) is 0 Å². The smallest absolute Gasteiger partial charge is 0.168 e. The molecule has 0 radical (unpaired) electrons. The third-order valence-corrected chi connectivity index (χ3v) is 5.58. The molecule has 0 aliphatic carbocycles. The van der Waals surface area contributed by atoms with Gasteiger partial charge in [0.2, 0.25) is 0 Å². The number of hydrogen-bond acceptors (Lipinski definition) is 7. The molecule has 0 saturated heterocycles. The first-order chi connectivity index (χ1) is 14.1. The van der Waals surface area contributed by atoms with Gasteiger partial charge in [-0.3, -0.25) is 4.90 Å². The molecular weight excluding hydrogens is 384 g/mol. The molecule has 2 aliphatic heterocycles. The Balaban J connectivity index is 1.66. The van der Waals surface area contributed by atoms with Gasteiger partial charge in [0.25, 0.3) is 0 Å². The van der Waals surface area contributed by atoms with Crippen molar-refractivity contribution in [2.75, 3.05) is 18.7 Å². The molecule has 0 amide bonds. The average molecular weight is 407 g/mol. The van der Waals surface area contributed by atoms with E-state index in [1.165, 1.54) is 0 Å². The highest BCUT2D eigenvalue weighted by molar-refractivity contribution is 7.99. The van der Waals surface area contributed by atoms with E-state index in [4.69, 9.17) is 4.74 Å². The number of fused-ring (bicyclic) bond motifs is 2. The van der Waals surface area contributed by atoms with Crippen LogP contribution in [0, 0.1) is 0 Å². The minimum absolute atomic E-state index is 0.402. The first-order valence-electron chi connectivity index (χ1n) is 9.18. The van der Waals surface area contributed by atoms with Crippen LogP contribution in [0.3, 0.4) is 0 Å². The highest BCUT2D eigenvalue weighted by Crippen LogP contribution is 2.46. The number of allylic oxidation sites excluding steroid dienone is 1. The number of nitrogens with zero attached hydrogens (tertiary/aromatic N) is 6. The Bertz CT molecular complexity index is 1040. The van der Waals surface area contributed by atoms with E-state index in [1.807, 2.05) is 25.1 Å². The average Bonchev–Trinajstić information content (AvgIpc) is 3.11. The minimum atomic E-state index is 0.402. The summed E-state index contributed by atoms with van der Waals surface area (Å²) >= 11 is 1.62. The molecule has 7 nitrogen and oxygen atoms in total. The Kier molecular flexibility index (Phi) is 5.46. The summed E-state index contributed by atoms with van der Waals surface area (Å²) in [6.07, 6.45) is 6.80. The largest absolute Gasteiger partial charge is 0.364 e. The van der Waals surface area contributed by atoms with Gasteiger partial charge in [-0.25, -0.2) is 20.0 Å². The summed E-state index contributed by atoms with van der Waals surface area (Å²) in [4.78, 5) is 23.1. The van der Waals surface area contributed by atoms with Crippen molar-refractivity contribution in [1.29, 1.82) is 0 Å². The second kappa shape index (κ2) is 8.18. The van der Waals surface area contributed by atoms with Gasteiger partial charge in [-0.1, -0.05) is 24.4 Å². The Morgan fingerprint density at radius 1 is 1.28 bits per heavy atom. The number of amidine groups is 1. The lowest BCUT2D eigenvalue weighted by Crippen LogP contribution is -2.27. The molecule has 1 aromatic heterocycles. The van der Waals surface area contributed by atoms with Crippen molar-refractivity contribution in [1.82, 2.24) is 14.9 Å².